The third-order valence-electron chi connectivity index (χ3n) is 15.4. The van der Waals surface area contributed by atoms with E-state index in [0.717, 1.165) is 33.9 Å². The van der Waals surface area contributed by atoms with Gasteiger partial charge in [0.2, 0.25) is 0 Å². The fraction of sp³-hybridized carbons (Fsp3) is 0.0794. The van der Waals surface area contributed by atoms with Gasteiger partial charge in [-0.25, -0.2) is 9.97 Å². The maximum Gasteiger partial charge on any atom is 0.160 e. The Morgan fingerprint density at radius 1 is 0.400 bits per heavy atom. The first-order chi connectivity index (χ1) is 32.2. The van der Waals surface area contributed by atoms with Crippen LogP contribution >= 0.6 is 0 Å². The summed E-state index contributed by atoms with van der Waals surface area (Å²) in [6, 6.07) is 68.2. The van der Waals surface area contributed by atoms with Crippen LogP contribution < -0.4 is 0 Å². The highest BCUT2D eigenvalue weighted by Gasteiger charge is 2.59. The molecule has 2 nitrogen and oxygen atoms in total. The van der Waals surface area contributed by atoms with Crippen LogP contribution in [0.3, 0.4) is 0 Å². The normalized spacial score (nSPS) is 18.1. The minimum atomic E-state index is -0.682. The molecule has 0 fully saturated rings. The van der Waals surface area contributed by atoms with Crippen molar-refractivity contribution in [1.29, 1.82) is 0 Å². The summed E-state index contributed by atoms with van der Waals surface area (Å²) < 4.78 is 0. The second-order valence-corrected chi connectivity index (χ2v) is 18.2. The van der Waals surface area contributed by atoms with Crippen LogP contribution in [0.1, 0.15) is 61.7 Å². The van der Waals surface area contributed by atoms with Crippen LogP contribution in [0.15, 0.2) is 230 Å². The van der Waals surface area contributed by atoms with Gasteiger partial charge >= 0.3 is 0 Å². The van der Waals surface area contributed by atoms with Gasteiger partial charge in [0.05, 0.1) is 22.2 Å². The molecular weight excluding hydrogens is 785 g/mol. The Bertz CT molecular complexity index is 3560. The number of aromatic nitrogens is 2. The highest BCUT2D eigenvalue weighted by molar-refractivity contribution is 5.98. The Kier molecular flexibility index (Phi) is 7.61. The highest BCUT2D eigenvalue weighted by Crippen LogP contribution is 2.68. The molecule has 1 aromatic heterocycles. The van der Waals surface area contributed by atoms with Gasteiger partial charge in [0.25, 0.3) is 0 Å². The zero-order chi connectivity index (χ0) is 42.9. The molecule has 1 heterocycles. The first kappa shape index (κ1) is 36.5. The number of nitrogens with zero attached hydrogens (tertiary/aromatic N) is 2. The number of fused-ring (bicyclic) bond motifs is 18. The molecule has 2 atom stereocenters. The van der Waals surface area contributed by atoms with Gasteiger partial charge in [-0.2, -0.15) is 0 Å². The van der Waals surface area contributed by atoms with Gasteiger partial charge in [-0.3, -0.25) is 0 Å². The lowest BCUT2D eigenvalue weighted by atomic mass is 9.51. The van der Waals surface area contributed by atoms with Crippen molar-refractivity contribution >= 4 is 10.8 Å². The van der Waals surface area contributed by atoms with Gasteiger partial charge in [-0.05, 0) is 95.6 Å². The van der Waals surface area contributed by atoms with E-state index in [1.54, 1.807) is 0 Å². The van der Waals surface area contributed by atoms with E-state index >= 15 is 0 Å². The van der Waals surface area contributed by atoms with Crippen LogP contribution in [0.2, 0.25) is 0 Å². The molecule has 2 heteroatoms. The summed E-state index contributed by atoms with van der Waals surface area (Å²) in [6.07, 6.45) is 15.8. The molecule has 14 rings (SSSR count). The second kappa shape index (κ2) is 13.5. The number of allylic oxidation sites excluding steroid dienone is 8. The van der Waals surface area contributed by atoms with Gasteiger partial charge in [0.15, 0.2) is 5.82 Å². The second-order valence-electron chi connectivity index (χ2n) is 18.2. The molecule has 0 bridgehead atoms. The van der Waals surface area contributed by atoms with Crippen molar-refractivity contribution in [3.63, 3.8) is 0 Å². The minimum absolute atomic E-state index is 0.0220. The average molecular weight is 827 g/mol. The molecule has 5 aliphatic rings. The van der Waals surface area contributed by atoms with E-state index in [-0.39, 0.29) is 11.8 Å². The minimum Gasteiger partial charge on any atom is -0.232 e. The summed E-state index contributed by atoms with van der Waals surface area (Å²) >= 11 is 0. The Morgan fingerprint density at radius 3 is 1.57 bits per heavy atom. The van der Waals surface area contributed by atoms with Crippen LogP contribution in [0.5, 0.6) is 0 Å². The highest BCUT2D eigenvalue weighted by atomic mass is 14.9. The average Bonchev–Trinajstić information content (AvgIpc) is 3.84. The smallest absolute Gasteiger partial charge is 0.160 e. The van der Waals surface area contributed by atoms with Gasteiger partial charge in [-0.1, -0.05) is 225 Å². The lowest BCUT2D eigenvalue weighted by molar-refractivity contribution is 0.632. The molecule has 0 saturated carbocycles. The summed E-state index contributed by atoms with van der Waals surface area (Å²) in [5.74, 6) is 0.937. The topological polar surface area (TPSA) is 25.8 Å². The molecular formula is C63H42N2. The molecule has 9 aromatic rings. The Hall–Kier alpha value is -7.94. The Morgan fingerprint density at radius 2 is 0.892 bits per heavy atom. The number of hydrogen-bond donors (Lipinski definition) is 0. The molecule has 0 aliphatic heterocycles. The summed E-state index contributed by atoms with van der Waals surface area (Å²) in [6.45, 7) is 2.24. The first-order valence-electron chi connectivity index (χ1n) is 22.9. The van der Waals surface area contributed by atoms with Crippen LogP contribution in [0.4, 0.5) is 0 Å². The van der Waals surface area contributed by atoms with E-state index in [9.17, 15) is 0 Å². The molecule has 0 saturated heterocycles. The monoisotopic (exact) mass is 826 g/mol. The van der Waals surface area contributed by atoms with Crippen molar-refractivity contribution < 1.29 is 0 Å². The van der Waals surface area contributed by atoms with Crippen molar-refractivity contribution in [2.75, 3.05) is 0 Å². The standard InChI is InChI=1S/C63H42N2/c1-39-59(48-29-16-21-40-19-2-4-23-42(40)48)64-61(65-60(39)49-30-17-22-41-20-3-5-24-43(41)49)50-31-18-38-57-58(50)63(53-34-12-8-27-46(53)47-28-9-13-35-54(47)63)56-37-15-14-36-55(56)62(57)51-32-10-6-25-44(51)45-26-7-11-33-52(45)62/h2-38,42,48H,1H3. The maximum atomic E-state index is 5.91. The molecule has 0 radical (unpaired) electrons. The molecule has 2 unspecified atom stereocenters. The third-order valence-corrected chi connectivity index (χ3v) is 15.4. The summed E-state index contributed by atoms with van der Waals surface area (Å²) in [7, 11) is 0. The largest absolute Gasteiger partial charge is 0.232 e. The molecule has 2 spiro atoms. The maximum absolute atomic E-state index is 5.91. The van der Waals surface area contributed by atoms with E-state index < -0.39 is 10.8 Å². The van der Waals surface area contributed by atoms with Crippen molar-refractivity contribution in [3.05, 3.63) is 286 Å². The summed E-state index contributed by atoms with van der Waals surface area (Å²) in [4.78, 5) is 11.8. The Labute approximate surface area is 379 Å². The fourth-order valence-corrected chi connectivity index (χ4v) is 12.9. The van der Waals surface area contributed by atoms with Crippen LogP contribution in [0, 0.1) is 12.8 Å². The SMILES string of the molecule is Cc1c(-c2cccc3ccccc23)nc(-c2cccc3c2C2(c4ccccc4-c4ccccc42)c2ccccc2C32c3ccccc3-c3ccccc32)nc1C1C=CC=C2C=CC=CC21. The van der Waals surface area contributed by atoms with Crippen molar-refractivity contribution in [2.45, 2.75) is 23.7 Å². The molecule has 0 amide bonds. The lowest BCUT2D eigenvalue weighted by Crippen LogP contribution is -2.44. The molecule has 0 N–H and O–H groups in total. The third kappa shape index (κ3) is 4.68. The quantitative estimate of drug-likeness (QED) is 0.177. The molecule has 304 valence electrons. The number of rotatable bonds is 3. The predicted octanol–water partition coefficient (Wildman–Crippen LogP) is 14.6. The lowest BCUT2D eigenvalue weighted by Gasteiger charge is -2.49. The van der Waals surface area contributed by atoms with Crippen LogP contribution in [-0.2, 0) is 10.8 Å². The van der Waals surface area contributed by atoms with Crippen molar-refractivity contribution in [2.24, 2.45) is 5.92 Å². The fourth-order valence-electron chi connectivity index (χ4n) is 12.9. The van der Waals surface area contributed by atoms with E-state index in [1.165, 1.54) is 83.1 Å². The Balaban J connectivity index is 1.16. The summed E-state index contributed by atoms with van der Waals surface area (Å²) in [5.41, 5.74) is 20.8. The predicted molar refractivity (Wildman–Crippen MR) is 265 cm³/mol. The van der Waals surface area contributed by atoms with Gasteiger partial charge in [-0.15, -0.1) is 0 Å². The molecule has 5 aliphatic carbocycles. The van der Waals surface area contributed by atoms with Gasteiger partial charge < -0.3 is 0 Å². The summed E-state index contributed by atoms with van der Waals surface area (Å²) in [5, 5.41) is 2.38. The van der Waals surface area contributed by atoms with Gasteiger partial charge in [0.1, 0.15) is 0 Å². The number of benzene rings is 8. The molecule has 65 heavy (non-hydrogen) atoms. The van der Waals surface area contributed by atoms with Crippen molar-refractivity contribution in [1.82, 2.24) is 9.97 Å². The molecule has 8 aromatic carbocycles. The van der Waals surface area contributed by atoms with E-state index in [2.05, 4.69) is 231 Å². The van der Waals surface area contributed by atoms with E-state index in [0.29, 0.717) is 0 Å². The van der Waals surface area contributed by atoms with Gasteiger partial charge in [0, 0.05) is 23.0 Å². The zero-order valence-corrected chi connectivity index (χ0v) is 35.9. The number of hydrogen-bond acceptors (Lipinski definition) is 2. The van der Waals surface area contributed by atoms with E-state index in [1.807, 2.05) is 0 Å². The van der Waals surface area contributed by atoms with E-state index in [4.69, 9.17) is 9.97 Å². The van der Waals surface area contributed by atoms with Crippen LogP contribution in [0.25, 0.3) is 55.7 Å². The van der Waals surface area contributed by atoms with Crippen molar-refractivity contribution in [3.8, 4) is 44.9 Å². The zero-order valence-electron chi connectivity index (χ0n) is 35.9. The van der Waals surface area contributed by atoms with Crippen LogP contribution in [-0.4, -0.2) is 9.97 Å². The first-order valence-corrected chi connectivity index (χ1v) is 22.9.